The molecule has 0 spiro atoms. The molecule has 2 heteroatoms. The van der Waals surface area contributed by atoms with E-state index >= 15 is 0 Å². The molecule has 0 aromatic heterocycles. The van der Waals surface area contributed by atoms with Gasteiger partial charge in [-0.3, -0.25) is 0 Å². The van der Waals surface area contributed by atoms with E-state index in [2.05, 4.69) is 25.7 Å². The van der Waals surface area contributed by atoms with Crippen molar-refractivity contribution in [3.63, 3.8) is 0 Å². The Hall–Kier alpha value is -0.340. The Kier molecular flexibility index (Phi) is 5.96. The van der Waals surface area contributed by atoms with Gasteiger partial charge in [-0.05, 0) is 24.3 Å². The van der Waals surface area contributed by atoms with Gasteiger partial charge >= 0.3 is 0 Å². The molecule has 1 saturated carbocycles. The van der Waals surface area contributed by atoms with Crippen LogP contribution in [0.1, 0.15) is 39.5 Å². The van der Waals surface area contributed by atoms with Gasteiger partial charge in [-0.1, -0.05) is 33.3 Å². The van der Waals surface area contributed by atoms with Gasteiger partial charge in [0.2, 0.25) is 0 Å². The highest BCUT2D eigenvalue weighted by atomic mass is 16.5. The SMILES string of the molecule is C=C(CNC(C)C)COCC1CCCC1. The topological polar surface area (TPSA) is 21.3 Å². The summed E-state index contributed by atoms with van der Waals surface area (Å²) in [6.07, 6.45) is 5.50. The third kappa shape index (κ3) is 5.95. The number of rotatable bonds is 7. The molecule has 0 unspecified atom stereocenters. The Morgan fingerprint density at radius 2 is 2.07 bits per heavy atom. The molecular formula is C13H25NO. The van der Waals surface area contributed by atoms with Crippen LogP contribution in [0.2, 0.25) is 0 Å². The molecule has 0 aromatic rings. The molecule has 0 atom stereocenters. The number of ether oxygens (including phenoxy) is 1. The smallest absolute Gasteiger partial charge is 0.0686 e. The minimum Gasteiger partial charge on any atom is -0.377 e. The van der Waals surface area contributed by atoms with Crippen molar-refractivity contribution in [3.8, 4) is 0 Å². The molecule has 1 aliphatic carbocycles. The third-order valence-corrected chi connectivity index (χ3v) is 2.89. The Balaban J connectivity index is 1.96. The predicted molar refractivity (Wildman–Crippen MR) is 65.1 cm³/mol. The van der Waals surface area contributed by atoms with Gasteiger partial charge in [0.05, 0.1) is 6.61 Å². The summed E-state index contributed by atoms with van der Waals surface area (Å²) in [6.45, 7) is 10.8. The zero-order valence-corrected chi connectivity index (χ0v) is 10.2. The van der Waals surface area contributed by atoms with Crippen LogP contribution in [0.15, 0.2) is 12.2 Å². The van der Waals surface area contributed by atoms with Crippen molar-refractivity contribution in [3.05, 3.63) is 12.2 Å². The van der Waals surface area contributed by atoms with Gasteiger partial charge in [-0.25, -0.2) is 0 Å². The fourth-order valence-electron chi connectivity index (χ4n) is 1.95. The molecule has 0 heterocycles. The van der Waals surface area contributed by atoms with Crippen molar-refractivity contribution in [2.75, 3.05) is 19.8 Å². The lowest BCUT2D eigenvalue weighted by molar-refractivity contribution is 0.119. The summed E-state index contributed by atoms with van der Waals surface area (Å²) in [6, 6.07) is 0.525. The average Bonchev–Trinajstić information content (AvgIpc) is 2.67. The van der Waals surface area contributed by atoms with Crippen LogP contribution in [-0.4, -0.2) is 25.8 Å². The first kappa shape index (κ1) is 12.7. The van der Waals surface area contributed by atoms with E-state index in [9.17, 15) is 0 Å². The lowest BCUT2D eigenvalue weighted by atomic mass is 10.1. The molecule has 1 aliphatic rings. The van der Waals surface area contributed by atoms with E-state index in [1.165, 1.54) is 25.7 Å². The van der Waals surface area contributed by atoms with Crippen molar-refractivity contribution in [2.24, 2.45) is 5.92 Å². The lowest BCUT2D eigenvalue weighted by Crippen LogP contribution is -2.26. The first-order chi connectivity index (χ1) is 7.18. The van der Waals surface area contributed by atoms with Crippen LogP contribution in [0.4, 0.5) is 0 Å². The van der Waals surface area contributed by atoms with Crippen LogP contribution in [0.5, 0.6) is 0 Å². The quantitative estimate of drug-likeness (QED) is 0.654. The predicted octanol–water partition coefficient (Wildman–Crippen LogP) is 2.75. The average molecular weight is 211 g/mol. The molecule has 0 saturated heterocycles. The molecule has 88 valence electrons. The number of nitrogens with one attached hydrogen (secondary N) is 1. The van der Waals surface area contributed by atoms with Crippen LogP contribution in [0, 0.1) is 5.92 Å². The molecule has 0 aliphatic heterocycles. The number of hydrogen-bond donors (Lipinski definition) is 1. The van der Waals surface area contributed by atoms with Crippen molar-refractivity contribution in [1.82, 2.24) is 5.32 Å². The largest absolute Gasteiger partial charge is 0.377 e. The summed E-state index contributed by atoms with van der Waals surface area (Å²) >= 11 is 0. The highest BCUT2D eigenvalue weighted by Crippen LogP contribution is 2.24. The Labute approximate surface area is 94.1 Å². The van der Waals surface area contributed by atoms with E-state index < -0.39 is 0 Å². The van der Waals surface area contributed by atoms with E-state index in [0.29, 0.717) is 6.04 Å². The maximum Gasteiger partial charge on any atom is 0.0686 e. The standard InChI is InChI=1S/C13H25NO/c1-11(2)14-8-12(3)9-15-10-13-6-4-5-7-13/h11,13-14H,3-10H2,1-2H3. The van der Waals surface area contributed by atoms with Crippen molar-refractivity contribution >= 4 is 0 Å². The second-order valence-electron chi connectivity index (χ2n) is 4.95. The molecule has 2 nitrogen and oxygen atoms in total. The van der Waals surface area contributed by atoms with Crippen molar-refractivity contribution in [2.45, 2.75) is 45.6 Å². The Morgan fingerprint density at radius 1 is 1.40 bits per heavy atom. The fourth-order valence-corrected chi connectivity index (χ4v) is 1.95. The first-order valence-corrected chi connectivity index (χ1v) is 6.16. The summed E-state index contributed by atoms with van der Waals surface area (Å²) in [5.41, 5.74) is 1.15. The number of hydrogen-bond acceptors (Lipinski definition) is 2. The van der Waals surface area contributed by atoms with Gasteiger partial charge in [0.1, 0.15) is 0 Å². The van der Waals surface area contributed by atoms with Gasteiger partial charge in [0.25, 0.3) is 0 Å². The summed E-state index contributed by atoms with van der Waals surface area (Å²) in [7, 11) is 0. The molecule has 0 radical (unpaired) electrons. The van der Waals surface area contributed by atoms with Crippen LogP contribution in [-0.2, 0) is 4.74 Å². The van der Waals surface area contributed by atoms with Crippen LogP contribution in [0.3, 0.4) is 0 Å². The molecule has 0 aromatic carbocycles. The molecule has 1 N–H and O–H groups in total. The van der Waals surface area contributed by atoms with Crippen molar-refractivity contribution in [1.29, 1.82) is 0 Å². The minimum absolute atomic E-state index is 0.525. The summed E-state index contributed by atoms with van der Waals surface area (Å²) in [4.78, 5) is 0. The highest BCUT2D eigenvalue weighted by Gasteiger charge is 2.14. The fraction of sp³-hybridized carbons (Fsp3) is 0.846. The summed E-state index contributed by atoms with van der Waals surface area (Å²) in [5.74, 6) is 0.816. The van der Waals surface area contributed by atoms with Crippen molar-refractivity contribution < 1.29 is 4.74 Å². The normalized spacial score (nSPS) is 17.5. The third-order valence-electron chi connectivity index (χ3n) is 2.89. The highest BCUT2D eigenvalue weighted by molar-refractivity contribution is 4.97. The van der Waals surface area contributed by atoms with Crippen LogP contribution in [0.25, 0.3) is 0 Å². The van der Waals surface area contributed by atoms with E-state index in [0.717, 1.165) is 31.2 Å². The van der Waals surface area contributed by atoms with Gasteiger partial charge in [0, 0.05) is 19.2 Å². The minimum atomic E-state index is 0.525. The molecule has 1 rings (SSSR count). The second-order valence-corrected chi connectivity index (χ2v) is 4.95. The molecule has 0 bridgehead atoms. The summed E-state index contributed by atoms with van der Waals surface area (Å²) in [5, 5.41) is 3.34. The zero-order valence-electron chi connectivity index (χ0n) is 10.2. The Morgan fingerprint density at radius 3 is 2.67 bits per heavy atom. The van der Waals surface area contributed by atoms with Gasteiger partial charge in [0.15, 0.2) is 0 Å². The molecular weight excluding hydrogens is 186 g/mol. The monoisotopic (exact) mass is 211 g/mol. The zero-order chi connectivity index (χ0) is 11.1. The molecule has 15 heavy (non-hydrogen) atoms. The van der Waals surface area contributed by atoms with Gasteiger partial charge in [-0.15, -0.1) is 0 Å². The van der Waals surface area contributed by atoms with E-state index in [1.54, 1.807) is 0 Å². The van der Waals surface area contributed by atoms with Crippen LogP contribution >= 0.6 is 0 Å². The van der Waals surface area contributed by atoms with Crippen LogP contribution < -0.4 is 5.32 Å². The molecule has 1 fully saturated rings. The van der Waals surface area contributed by atoms with E-state index in [1.807, 2.05) is 0 Å². The molecule has 0 amide bonds. The Bertz CT molecular complexity index is 183. The van der Waals surface area contributed by atoms with E-state index in [4.69, 9.17) is 4.74 Å². The van der Waals surface area contributed by atoms with Gasteiger partial charge < -0.3 is 10.1 Å². The van der Waals surface area contributed by atoms with Gasteiger partial charge in [-0.2, -0.15) is 0 Å². The van der Waals surface area contributed by atoms with E-state index in [-0.39, 0.29) is 0 Å². The summed E-state index contributed by atoms with van der Waals surface area (Å²) < 4.78 is 5.67. The lowest BCUT2D eigenvalue weighted by Gasteiger charge is -2.13. The first-order valence-electron chi connectivity index (χ1n) is 6.16. The second kappa shape index (κ2) is 7.02. The maximum atomic E-state index is 5.67. The maximum absolute atomic E-state index is 5.67.